The molecule has 0 bridgehead atoms. The molecule has 27 heavy (non-hydrogen) atoms. The lowest BCUT2D eigenvalue weighted by Gasteiger charge is -2.21. The second-order valence-electron chi connectivity index (χ2n) is 6.82. The Balaban J connectivity index is 1.43. The predicted molar refractivity (Wildman–Crippen MR) is 105 cm³/mol. The van der Waals surface area contributed by atoms with E-state index in [1.165, 1.54) is 6.92 Å². The van der Waals surface area contributed by atoms with E-state index in [9.17, 15) is 9.59 Å². The van der Waals surface area contributed by atoms with E-state index in [4.69, 9.17) is 12.2 Å². The number of aromatic amines is 1. The fourth-order valence-electron chi connectivity index (χ4n) is 3.01. The summed E-state index contributed by atoms with van der Waals surface area (Å²) in [5.41, 5.74) is 1.05. The van der Waals surface area contributed by atoms with Crippen molar-refractivity contribution in [3.8, 4) is 0 Å². The van der Waals surface area contributed by atoms with Gasteiger partial charge in [-0.15, -0.1) is 0 Å². The van der Waals surface area contributed by atoms with Crippen LogP contribution in [0.15, 0.2) is 30.3 Å². The van der Waals surface area contributed by atoms with Gasteiger partial charge in [0.05, 0.1) is 0 Å². The Kier molecular flexibility index (Phi) is 6.39. The zero-order chi connectivity index (χ0) is 19.2. The lowest BCUT2D eigenvalue weighted by molar-refractivity contribution is -0.130. The molecule has 1 aromatic heterocycles. The summed E-state index contributed by atoms with van der Waals surface area (Å²) in [4.78, 5) is 25.7. The number of hydrogen-bond donors (Lipinski definition) is 2. The molecule has 1 aliphatic carbocycles. The molecule has 0 spiro atoms. The SMILES string of the molecule is CC(=O)N(CCC(=O)NCCc1n[nH]c(=S)n1C1CC1)Cc1ccccc1. The fraction of sp³-hybridized carbons (Fsp3) is 0.474. The van der Waals surface area contributed by atoms with E-state index >= 15 is 0 Å². The summed E-state index contributed by atoms with van der Waals surface area (Å²) in [5.74, 6) is 0.783. The van der Waals surface area contributed by atoms with E-state index in [1.807, 2.05) is 30.3 Å². The van der Waals surface area contributed by atoms with Crippen LogP contribution >= 0.6 is 12.2 Å². The molecule has 1 aliphatic rings. The van der Waals surface area contributed by atoms with Crippen LogP contribution in [0, 0.1) is 4.77 Å². The molecule has 1 aromatic carbocycles. The van der Waals surface area contributed by atoms with Gasteiger partial charge in [-0.25, -0.2) is 0 Å². The third-order valence-corrected chi connectivity index (χ3v) is 4.92. The Labute approximate surface area is 163 Å². The highest BCUT2D eigenvalue weighted by molar-refractivity contribution is 7.71. The van der Waals surface area contributed by atoms with Crippen LogP contribution in [-0.2, 0) is 22.6 Å². The number of amides is 2. The Morgan fingerprint density at radius 2 is 2.07 bits per heavy atom. The van der Waals surface area contributed by atoms with Crippen LogP contribution in [0.4, 0.5) is 0 Å². The summed E-state index contributed by atoms with van der Waals surface area (Å²) in [6, 6.07) is 10.2. The average Bonchev–Trinajstić information content (AvgIpc) is 3.42. The summed E-state index contributed by atoms with van der Waals surface area (Å²) in [5, 5.41) is 10.00. The molecule has 0 aliphatic heterocycles. The van der Waals surface area contributed by atoms with Crippen LogP contribution in [0.2, 0.25) is 0 Å². The van der Waals surface area contributed by atoms with Gasteiger partial charge in [-0.2, -0.15) is 5.10 Å². The molecule has 0 unspecified atom stereocenters. The van der Waals surface area contributed by atoms with Gasteiger partial charge in [0, 0.05) is 45.4 Å². The third-order valence-electron chi connectivity index (χ3n) is 4.63. The average molecular weight is 388 g/mol. The molecule has 1 fully saturated rings. The monoisotopic (exact) mass is 387 g/mol. The fourth-order valence-corrected chi connectivity index (χ4v) is 3.31. The normalized spacial score (nSPS) is 13.4. The minimum absolute atomic E-state index is 0.0355. The van der Waals surface area contributed by atoms with Gasteiger partial charge in [-0.05, 0) is 30.6 Å². The highest BCUT2D eigenvalue weighted by Crippen LogP contribution is 2.35. The van der Waals surface area contributed by atoms with E-state index in [0.29, 0.717) is 36.9 Å². The molecule has 1 saturated carbocycles. The van der Waals surface area contributed by atoms with Crippen molar-refractivity contribution in [2.45, 2.75) is 45.2 Å². The van der Waals surface area contributed by atoms with E-state index in [-0.39, 0.29) is 18.2 Å². The summed E-state index contributed by atoms with van der Waals surface area (Å²) in [7, 11) is 0. The van der Waals surface area contributed by atoms with Crippen LogP contribution in [0.1, 0.15) is 43.6 Å². The van der Waals surface area contributed by atoms with Crippen LogP contribution in [-0.4, -0.2) is 44.6 Å². The maximum absolute atomic E-state index is 12.1. The van der Waals surface area contributed by atoms with Gasteiger partial charge >= 0.3 is 0 Å². The third kappa shape index (κ3) is 5.50. The molecular formula is C19H25N5O2S. The first kappa shape index (κ1) is 19.3. The smallest absolute Gasteiger partial charge is 0.221 e. The standard InChI is InChI=1S/C19H25N5O2S/c1-14(25)23(13-15-5-3-2-4-6-15)12-10-18(26)20-11-9-17-21-22-19(27)24(17)16-7-8-16/h2-6,16H,7-13H2,1H3,(H,20,26)(H,22,27). The number of carbonyl (C=O) groups is 2. The Morgan fingerprint density at radius 3 is 2.74 bits per heavy atom. The van der Waals surface area contributed by atoms with Crippen molar-refractivity contribution in [1.82, 2.24) is 25.0 Å². The van der Waals surface area contributed by atoms with Gasteiger partial charge in [-0.1, -0.05) is 30.3 Å². The van der Waals surface area contributed by atoms with Gasteiger partial charge in [-0.3, -0.25) is 14.7 Å². The zero-order valence-electron chi connectivity index (χ0n) is 15.5. The number of carbonyl (C=O) groups excluding carboxylic acids is 2. The van der Waals surface area contributed by atoms with Crippen molar-refractivity contribution in [2.75, 3.05) is 13.1 Å². The van der Waals surface area contributed by atoms with Crippen molar-refractivity contribution >= 4 is 24.0 Å². The summed E-state index contributed by atoms with van der Waals surface area (Å²) < 4.78 is 2.70. The van der Waals surface area contributed by atoms with Crippen molar-refractivity contribution in [1.29, 1.82) is 0 Å². The summed E-state index contributed by atoms with van der Waals surface area (Å²) in [6.07, 6.45) is 3.18. The minimum atomic E-state index is -0.0681. The Morgan fingerprint density at radius 1 is 1.33 bits per heavy atom. The summed E-state index contributed by atoms with van der Waals surface area (Å²) >= 11 is 5.26. The van der Waals surface area contributed by atoms with Gasteiger partial charge in [0.2, 0.25) is 11.8 Å². The highest BCUT2D eigenvalue weighted by atomic mass is 32.1. The van der Waals surface area contributed by atoms with Crippen molar-refractivity contribution in [3.05, 3.63) is 46.5 Å². The molecule has 2 aromatic rings. The van der Waals surface area contributed by atoms with E-state index in [2.05, 4.69) is 20.1 Å². The number of H-pyrrole nitrogens is 1. The molecule has 2 amide bonds. The number of nitrogens with zero attached hydrogens (tertiary/aromatic N) is 3. The molecule has 8 heteroatoms. The maximum Gasteiger partial charge on any atom is 0.221 e. The van der Waals surface area contributed by atoms with Crippen LogP contribution in [0.3, 0.4) is 0 Å². The molecule has 1 heterocycles. The Bertz CT molecular complexity index is 841. The zero-order valence-corrected chi connectivity index (χ0v) is 16.3. The highest BCUT2D eigenvalue weighted by Gasteiger charge is 2.26. The molecule has 2 N–H and O–H groups in total. The number of hydrogen-bond acceptors (Lipinski definition) is 4. The lowest BCUT2D eigenvalue weighted by atomic mass is 10.2. The van der Waals surface area contributed by atoms with Crippen molar-refractivity contribution in [2.24, 2.45) is 0 Å². The van der Waals surface area contributed by atoms with Gasteiger partial charge < -0.3 is 14.8 Å². The number of nitrogens with one attached hydrogen (secondary N) is 2. The molecule has 3 rings (SSSR count). The van der Waals surface area contributed by atoms with Crippen LogP contribution in [0.5, 0.6) is 0 Å². The first-order valence-electron chi connectivity index (χ1n) is 9.26. The topological polar surface area (TPSA) is 83.0 Å². The maximum atomic E-state index is 12.1. The second-order valence-corrected chi connectivity index (χ2v) is 7.21. The first-order chi connectivity index (χ1) is 13.0. The molecule has 0 saturated heterocycles. The van der Waals surface area contributed by atoms with Crippen LogP contribution in [0.25, 0.3) is 0 Å². The molecule has 0 atom stereocenters. The van der Waals surface area contributed by atoms with Gasteiger partial charge in [0.15, 0.2) is 4.77 Å². The van der Waals surface area contributed by atoms with Crippen LogP contribution < -0.4 is 5.32 Å². The van der Waals surface area contributed by atoms with E-state index in [1.54, 1.807) is 4.90 Å². The first-order valence-corrected chi connectivity index (χ1v) is 9.67. The van der Waals surface area contributed by atoms with Gasteiger partial charge in [0.25, 0.3) is 0 Å². The lowest BCUT2D eigenvalue weighted by Crippen LogP contribution is -2.34. The second kappa shape index (κ2) is 8.94. The molecule has 7 nitrogen and oxygen atoms in total. The Hall–Kier alpha value is -2.48. The number of aromatic nitrogens is 3. The van der Waals surface area contributed by atoms with E-state index < -0.39 is 0 Å². The number of benzene rings is 1. The van der Waals surface area contributed by atoms with E-state index in [0.717, 1.165) is 24.2 Å². The quantitative estimate of drug-likeness (QED) is 0.647. The predicted octanol–water partition coefficient (Wildman–Crippen LogP) is 2.37. The largest absolute Gasteiger partial charge is 0.356 e. The van der Waals surface area contributed by atoms with Crippen molar-refractivity contribution < 1.29 is 9.59 Å². The van der Waals surface area contributed by atoms with Crippen molar-refractivity contribution in [3.63, 3.8) is 0 Å². The number of rotatable bonds is 9. The minimum Gasteiger partial charge on any atom is -0.356 e. The molecule has 0 radical (unpaired) electrons. The summed E-state index contributed by atoms with van der Waals surface area (Å²) in [6.45, 7) is 2.95. The molecule has 144 valence electrons. The van der Waals surface area contributed by atoms with Gasteiger partial charge in [0.1, 0.15) is 5.82 Å². The molecular weight excluding hydrogens is 362 g/mol.